The van der Waals surface area contributed by atoms with Gasteiger partial charge in [0.1, 0.15) is 5.82 Å². The number of benzene rings is 1. The fourth-order valence-corrected chi connectivity index (χ4v) is 2.50. The summed E-state index contributed by atoms with van der Waals surface area (Å²) in [7, 11) is 0. The van der Waals surface area contributed by atoms with Crippen LogP contribution < -0.4 is 5.73 Å². The number of nitrogens with two attached hydrogens (primary N) is 1. The molecule has 2 atom stereocenters. The Balaban J connectivity index is 2.37. The lowest BCUT2D eigenvalue weighted by Crippen LogP contribution is -2.32. The number of rotatable bonds is 2. The average Bonchev–Trinajstić information content (AvgIpc) is 2.57. The zero-order valence-corrected chi connectivity index (χ0v) is 10.2. The molecule has 1 aliphatic rings. The van der Waals surface area contributed by atoms with Crippen molar-refractivity contribution in [3.63, 3.8) is 0 Å². The quantitative estimate of drug-likeness (QED) is 0.881. The van der Waals surface area contributed by atoms with Gasteiger partial charge in [0.15, 0.2) is 0 Å². The van der Waals surface area contributed by atoms with Crippen LogP contribution in [0.4, 0.5) is 4.39 Å². The Kier molecular flexibility index (Phi) is 3.35. The van der Waals surface area contributed by atoms with Gasteiger partial charge < -0.3 is 10.6 Å². The molecule has 0 radical (unpaired) electrons. The molecule has 1 fully saturated rings. The first kappa shape index (κ1) is 12.3. The van der Waals surface area contributed by atoms with Gasteiger partial charge in [0, 0.05) is 19.0 Å². The predicted molar refractivity (Wildman–Crippen MR) is 64.1 cm³/mol. The maximum Gasteiger partial charge on any atom is 0.224 e. The minimum absolute atomic E-state index is 0.0328. The highest BCUT2D eigenvalue weighted by atomic mass is 35.5. The van der Waals surface area contributed by atoms with Crippen LogP contribution >= 0.6 is 11.6 Å². The molecule has 0 aliphatic carbocycles. The van der Waals surface area contributed by atoms with E-state index in [-0.39, 0.29) is 23.0 Å². The monoisotopic (exact) mass is 256 g/mol. The molecule has 0 bridgehead atoms. The highest BCUT2D eigenvalue weighted by Crippen LogP contribution is 2.33. The first-order valence-electron chi connectivity index (χ1n) is 5.54. The SMILES string of the molecule is CCN1C(=O)CC(N)C1c1ccc(F)c(Cl)c1. The Hall–Kier alpha value is -1.13. The Morgan fingerprint density at radius 2 is 2.29 bits per heavy atom. The summed E-state index contributed by atoms with van der Waals surface area (Å²) in [4.78, 5) is 13.4. The number of likely N-dealkylation sites (N-methyl/N-ethyl adjacent to an activating group) is 1. The van der Waals surface area contributed by atoms with Crippen LogP contribution in [0.25, 0.3) is 0 Å². The van der Waals surface area contributed by atoms with E-state index < -0.39 is 5.82 Å². The molecule has 92 valence electrons. The first-order chi connectivity index (χ1) is 8.04. The minimum Gasteiger partial charge on any atom is -0.334 e. The molecule has 1 heterocycles. The van der Waals surface area contributed by atoms with Crippen molar-refractivity contribution < 1.29 is 9.18 Å². The van der Waals surface area contributed by atoms with Crippen molar-refractivity contribution in [2.45, 2.75) is 25.4 Å². The third-order valence-corrected chi connectivity index (χ3v) is 3.39. The van der Waals surface area contributed by atoms with E-state index in [0.29, 0.717) is 13.0 Å². The van der Waals surface area contributed by atoms with Gasteiger partial charge in [0.05, 0.1) is 11.1 Å². The van der Waals surface area contributed by atoms with Crippen molar-refractivity contribution in [3.8, 4) is 0 Å². The lowest BCUT2D eigenvalue weighted by Gasteiger charge is -2.26. The van der Waals surface area contributed by atoms with Crippen LogP contribution in [0.15, 0.2) is 18.2 Å². The molecule has 1 aromatic rings. The van der Waals surface area contributed by atoms with Crippen molar-refractivity contribution >= 4 is 17.5 Å². The molecule has 0 aromatic heterocycles. The summed E-state index contributed by atoms with van der Waals surface area (Å²) in [6.45, 7) is 2.49. The summed E-state index contributed by atoms with van der Waals surface area (Å²) in [6.07, 6.45) is 0.327. The van der Waals surface area contributed by atoms with Crippen LogP contribution in [0.5, 0.6) is 0 Å². The molecule has 0 saturated carbocycles. The number of nitrogens with zero attached hydrogens (tertiary/aromatic N) is 1. The molecule has 0 spiro atoms. The molecule has 2 unspecified atom stereocenters. The summed E-state index contributed by atoms with van der Waals surface area (Å²) in [5.41, 5.74) is 6.74. The van der Waals surface area contributed by atoms with Gasteiger partial charge in [-0.05, 0) is 24.6 Å². The van der Waals surface area contributed by atoms with E-state index in [1.807, 2.05) is 6.92 Å². The van der Waals surface area contributed by atoms with Crippen LogP contribution in [0, 0.1) is 5.82 Å². The third kappa shape index (κ3) is 2.15. The van der Waals surface area contributed by atoms with E-state index in [1.165, 1.54) is 6.07 Å². The first-order valence-corrected chi connectivity index (χ1v) is 5.92. The van der Waals surface area contributed by atoms with E-state index in [2.05, 4.69) is 0 Å². The van der Waals surface area contributed by atoms with Crippen LogP contribution in [0.3, 0.4) is 0 Å². The lowest BCUT2D eigenvalue weighted by molar-refractivity contribution is -0.128. The smallest absolute Gasteiger partial charge is 0.224 e. The van der Waals surface area contributed by atoms with Gasteiger partial charge in [-0.15, -0.1) is 0 Å². The van der Waals surface area contributed by atoms with Gasteiger partial charge in [-0.25, -0.2) is 4.39 Å². The molecule has 5 heteroatoms. The van der Waals surface area contributed by atoms with Gasteiger partial charge in [-0.3, -0.25) is 4.79 Å². The molecule has 1 saturated heterocycles. The topological polar surface area (TPSA) is 46.3 Å². The molecule has 1 aliphatic heterocycles. The van der Waals surface area contributed by atoms with Gasteiger partial charge >= 0.3 is 0 Å². The minimum atomic E-state index is -0.462. The second-order valence-electron chi connectivity index (χ2n) is 4.17. The van der Waals surface area contributed by atoms with E-state index in [0.717, 1.165) is 5.56 Å². The van der Waals surface area contributed by atoms with Gasteiger partial charge in [-0.2, -0.15) is 0 Å². The molecule has 1 aromatic carbocycles. The summed E-state index contributed by atoms with van der Waals surface area (Å²) in [5.74, 6) is -0.429. The second-order valence-corrected chi connectivity index (χ2v) is 4.57. The fraction of sp³-hybridized carbons (Fsp3) is 0.417. The highest BCUT2D eigenvalue weighted by Gasteiger charge is 2.37. The summed E-state index contributed by atoms with van der Waals surface area (Å²) < 4.78 is 13.1. The Morgan fingerprint density at radius 1 is 1.59 bits per heavy atom. The molecular formula is C12H14ClFN2O. The predicted octanol–water partition coefficient (Wildman–Crippen LogP) is 2.10. The average molecular weight is 257 g/mol. The Labute approximate surface area is 104 Å². The van der Waals surface area contributed by atoms with Crippen LogP contribution in [0.1, 0.15) is 24.9 Å². The Bertz CT molecular complexity index is 452. The second kappa shape index (κ2) is 4.63. The number of hydrogen-bond donors (Lipinski definition) is 1. The molecule has 17 heavy (non-hydrogen) atoms. The van der Waals surface area contributed by atoms with E-state index in [4.69, 9.17) is 17.3 Å². The maximum atomic E-state index is 13.1. The summed E-state index contributed by atoms with van der Waals surface area (Å²) in [6, 6.07) is 4.02. The van der Waals surface area contributed by atoms with E-state index >= 15 is 0 Å². The van der Waals surface area contributed by atoms with Crippen LogP contribution in [-0.2, 0) is 4.79 Å². The molecule has 1 amide bonds. The lowest BCUT2D eigenvalue weighted by atomic mass is 10.0. The normalized spacial score (nSPS) is 24.5. The zero-order chi connectivity index (χ0) is 12.6. The van der Waals surface area contributed by atoms with Crippen molar-refractivity contribution in [2.75, 3.05) is 6.54 Å². The zero-order valence-electron chi connectivity index (χ0n) is 9.49. The number of carbonyl (C=O) groups excluding carboxylic acids is 1. The standard InChI is InChI=1S/C12H14ClFN2O/c1-2-16-11(17)6-10(15)12(16)7-3-4-9(14)8(13)5-7/h3-5,10,12H,2,6,15H2,1H3. The highest BCUT2D eigenvalue weighted by molar-refractivity contribution is 6.30. The third-order valence-electron chi connectivity index (χ3n) is 3.10. The van der Waals surface area contributed by atoms with Crippen molar-refractivity contribution in [2.24, 2.45) is 5.73 Å². The number of halogens is 2. The molecular weight excluding hydrogens is 243 g/mol. The van der Waals surface area contributed by atoms with E-state index in [1.54, 1.807) is 17.0 Å². The number of hydrogen-bond acceptors (Lipinski definition) is 2. The van der Waals surface area contributed by atoms with Gasteiger partial charge in [0.25, 0.3) is 0 Å². The molecule has 2 rings (SSSR count). The van der Waals surface area contributed by atoms with Gasteiger partial charge in [0.2, 0.25) is 5.91 Å². The number of likely N-dealkylation sites (tertiary alicyclic amines) is 1. The largest absolute Gasteiger partial charge is 0.334 e. The van der Waals surface area contributed by atoms with Gasteiger partial charge in [-0.1, -0.05) is 17.7 Å². The number of amides is 1. The van der Waals surface area contributed by atoms with Crippen molar-refractivity contribution in [3.05, 3.63) is 34.6 Å². The molecule has 3 nitrogen and oxygen atoms in total. The van der Waals surface area contributed by atoms with Crippen molar-refractivity contribution in [1.29, 1.82) is 0 Å². The van der Waals surface area contributed by atoms with Crippen LogP contribution in [0.2, 0.25) is 5.02 Å². The summed E-state index contributed by atoms with van der Waals surface area (Å²) in [5, 5.41) is 0.0603. The van der Waals surface area contributed by atoms with E-state index in [9.17, 15) is 9.18 Å². The summed E-state index contributed by atoms with van der Waals surface area (Å²) >= 11 is 5.75. The van der Waals surface area contributed by atoms with Crippen LogP contribution in [-0.4, -0.2) is 23.4 Å². The number of carbonyl (C=O) groups is 1. The Morgan fingerprint density at radius 3 is 2.88 bits per heavy atom. The molecule has 2 N–H and O–H groups in total. The fourth-order valence-electron chi connectivity index (χ4n) is 2.31. The van der Waals surface area contributed by atoms with Crippen molar-refractivity contribution in [1.82, 2.24) is 4.90 Å². The maximum absolute atomic E-state index is 13.1.